The first-order valence-corrected chi connectivity index (χ1v) is 8.78. The number of thiocarbonyl (C=S) groups is 1. The number of hydrogen-bond acceptors (Lipinski definition) is 4. The third-order valence-electron chi connectivity index (χ3n) is 3.32. The standard InChI is InChI=1S/C15H13Br2N3O2S/c1-8-10(16)6-18-14(13(8)17)20-15(23)19-5-9-2-3-11-12(4-9)22-7-21-11/h2-4,6H,5,7H2,1H3,(H2,18,19,20,23). The Bertz CT molecular complexity index is 771. The van der Waals surface area contributed by atoms with Gasteiger partial charge in [0.1, 0.15) is 5.82 Å². The highest BCUT2D eigenvalue weighted by atomic mass is 79.9. The molecular weight excluding hydrogens is 446 g/mol. The van der Waals surface area contributed by atoms with Crippen LogP contribution in [-0.2, 0) is 6.54 Å². The number of anilines is 1. The van der Waals surface area contributed by atoms with Gasteiger partial charge in [-0.25, -0.2) is 4.98 Å². The van der Waals surface area contributed by atoms with E-state index >= 15 is 0 Å². The molecule has 1 aliphatic heterocycles. The van der Waals surface area contributed by atoms with E-state index in [4.69, 9.17) is 21.7 Å². The molecule has 1 aromatic heterocycles. The zero-order valence-electron chi connectivity index (χ0n) is 12.2. The maximum atomic E-state index is 5.36. The van der Waals surface area contributed by atoms with Crippen molar-refractivity contribution in [3.63, 3.8) is 0 Å². The van der Waals surface area contributed by atoms with Gasteiger partial charge in [0.25, 0.3) is 0 Å². The molecule has 0 spiro atoms. The van der Waals surface area contributed by atoms with Crippen LogP contribution >= 0.6 is 44.1 Å². The highest BCUT2D eigenvalue weighted by Crippen LogP contribution is 2.32. The average molecular weight is 459 g/mol. The molecule has 1 aromatic carbocycles. The van der Waals surface area contributed by atoms with Gasteiger partial charge in [0, 0.05) is 17.2 Å². The van der Waals surface area contributed by atoms with Gasteiger partial charge in [-0.2, -0.15) is 0 Å². The minimum Gasteiger partial charge on any atom is -0.454 e. The summed E-state index contributed by atoms with van der Waals surface area (Å²) >= 11 is 12.3. The average Bonchev–Trinajstić information content (AvgIpc) is 3.01. The summed E-state index contributed by atoms with van der Waals surface area (Å²) in [5, 5.41) is 6.74. The number of halogens is 2. The maximum Gasteiger partial charge on any atom is 0.231 e. The van der Waals surface area contributed by atoms with Crippen LogP contribution in [0.5, 0.6) is 11.5 Å². The fourth-order valence-electron chi connectivity index (χ4n) is 2.03. The van der Waals surface area contributed by atoms with Gasteiger partial charge in [-0.15, -0.1) is 0 Å². The number of pyridine rings is 1. The number of nitrogens with zero attached hydrogens (tertiary/aromatic N) is 1. The molecule has 5 nitrogen and oxygen atoms in total. The molecule has 8 heteroatoms. The van der Waals surface area contributed by atoms with E-state index in [1.807, 2.05) is 25.1 Å². The third-order valence-corrected chi connectivity index (χ3v) is 5.34. The molecule has 3 rings (SSSR count). The van der Waals surface area contributed by atoms with Crippen LogP contribution in [0.25, 0.3) is 0 Å². The minimum absolute atomic E-state index is 0.273. The molecule has 23 heavy (non-hydrogen) atoms. The Labute approximate surface area is 156 Å². The molecule has 1 aliphatic rings. The normalized spacial score (nSPS) is 12.1. The van der Waals surface area contributed by atoms with E-state index in [1.165, 1.54) is 0 Å². The Kier molecular flexibility index (Phi) is 5.03. The number of ether oxygens (including phenoxy) is 2. The summed E-state index contributed by atoms with van der Waals surface area (Å²) in [4.78, 5) is 4.31. The molecule has 0 bridgehead atoms. The number of rotatable bonds is 3. The van der Waals surface area contributed by atoms with Gasteiger partial charge in [-0.3, -0.25) is 0 Å². The van der Waals surface area contributed by atoms with Crippen LogP contribution in [0.3, 0.4) is 0 Å². The lowest BCUT2D eigenvalue weighted by Crippen LogP contribution is -2.28. The molecule has 0 atom stereocenters. The summed E-state index contributed by atoms with van der Waals surface area (Å²) < 4.78 is 12.5. The molecule has 0 saturated carbocycles. The molecule has 0 saturated heterocycles. The first-order valence-electron chi connectivity index (χ1n) is 6.78. The fourth-order valence-corrected chi connectivity index (χ4v) is 3.18. The molecule has 0 radical (unpaired) electrons. The smallest absolute Gasteiger partial charge is 0.231 e. The lowest BCUT2D eigenvalue weighted by atomic mass is 10.2. The number of fused-ring (bicyclic) bond motifs is 1. The Hall–Kier alpha value is -1.38. The van der Waals surface area contributed by atoms with E-state index in [2.05, 4.69) is 47.5 Å². The molecule has 0 unspecified atom stereocenters. The number of hydrogen-bond donors (Lipinski definition) is 2. The van der Waals surface area contributed by atoms with Crippen LogP contribution in [0, 0.1) is 6.92 Å². The second kappa shape index (κ2) is 7.02. The highest BCUT2D eigenvalue weighted by molar-refractivity contribution is 9.11. The summed E-state index contributed by atoms with van der Waals surface area (Å²) in [7, 11) is 0. The summed E-state index contributed by atoms with van der Waals surface area (Å²) in [5.74, 6) is 2.21. The first kappa shape index (κ1) is 16.5. The molecule has 2 heterocycles. The Balaban J connectivity index is 1.61. The predicted octanol–water partition coefficient (Wildman–Crippen LogP) is 4.13. The molecule has 0 fully saturated rings. The van der Waals surface area contributed by atoms with E-state index in [0.29, 0.717) is 17.5 Å². The van der Waals surface area contributed by atoms with Crippen LogP contribution in [0.15, 0.2) is 33.3 Å². The largest absolute Gasteiger partial charge is 0.454 e. The van der Waals surface area contributed by atoms with Crippen molar-refractivity contribution in [2.75, 3.05) is 12.1 Å². The number of aromatic nitrogens is 1. The molecular formula is C15H13Br2N3O2S. The second-order valence-corrected chi connectivity index (χ2v) is 6.94. The van der Waals surface area contributed by atoms with Gasteiger partial charge >= 0.3 is 0 Å². The Morgan fingerprint density at radius 3 is 2.91 bits per heavy atom. The lowest BCUT2D eigenvalue weighted by molar-refractivity contribution is 0.174. The summed E-state index contributed by atoms with van der Waals surface area (Å²) in [5.41, 5.74) is 2.11. The SMILES string of the molecule is Cc1c(Br)cnc(NC(=S)NCc2ccc3c(c2)OCO3)c1Br. The topological polar surface area (TPSA) is 55.4 Å². The van der Waals surface area contributed by atoms with E-state index in [1.54, 1.807) is 6.20 Å². The zero-order chi connectivity index (χ0) is 16.4. The quantitative estimate of drug-likeness (QED) is 0.674. The van der Waals surface area contributed by atoms with Crippen molar-refractivity contribution in [3.8, 4) is 11.5 Å². The summed E-state index contributed by atoms with van der Waals surface area (Å²) in [6.07, 6.45) is 1.74. The number of benzene rings is 1. The van der Waals surface area contributed by atoms with Gasteiger partial charge < -0.3 is 20.1 Å². The maximum absolute atomic E-state index is 5.36. The van der Waals surface area contributed by atoms with Crippen LogP contribution in [0.2, 0.25) is 0 Å². The first-order chi connectivity index (χ1) is 11.0. The Morgan fingerprint density at radius 2 is 2.09 bits per heavy atom. The van der Waals surface area contributed by atoms with E-state index < -0.39 is 0 Å². The van der Waals surface area contributed by atoms with Gasteiger partial charge in [-0.1, -0.05) is 6.07 Å². The van der Waals surface area contributed by atoms with Crippen molar-refractivity contribution >= 4 is 55.0 Å². The minimum atomic E-state index is 0.273. The highest BCUT2D eigenvalue weighted by Gasteiger charge is 2.13. The van der Waals surface area contributed by atoms with Crippen LogP contribution < -0.4 is 20.1 Å². The molecule has 0 amide bonds. The van der Waals surface area contributed by atoms with Gasteiger partial charge in [0.15, 0.2) is 16.6 Å². The lowest BCUT2D eigenvalue weighted by Gasteiger charge is -2.13. The van der Waals surface area contributed by atoms with Crippen molar-refractivity contribution in [2.45, 2.75) is 13.5 Å². The molecule has 2 N–H and O–H groups in total. The zero-order valence-corrected chi connectivity index (χ0v) is 16.1. The van der Waals surface area contributed by atoms with Crippen molar-refractivity contribution < 1.29 is 9.47 Å². The van der Waals surface area contributed by atoms with Crippen molar-refractivity contribution in [3.05, 3.63) is 44.5 Å². The van der Waals surface area contributed by atoms with E-state index in [9.17, 15) is 0 Å². The molecule has 2 aromatic rings. The van der Waals surface area contributed by atoms with Gasteiger partial charge in [-0.05, 0) is 74.3 Å². The van der Waals surface area contributed by atoms with Crippen molar-refractivity contribution in [2.24, 2.45) is 0 Å². The van der Waals surface area contributed by atoms with Crippen molar-refractivity contribution in [1.29, 1.82) is 0 Å². The predicted molar refractivity (Wildman–Crippen MR) is 100.0 cm³/mol. The molecule has 0 aliphatic carbocycles. The third kappa shape index (κ3) is 3.76. The number of nitrogens with one attached hydrogen (secondary N) is 2. The van der Waals surface area contributed by atoms with Crippen LogP contribution in [0.4, 0.5) is 5.82 Å². The molecule has 120 valence electrons. The summed E-state index contributed by atoms with van der Waals surface area (Å²) in [6.45, 7) is 2.84. The van der Waals surface area contributed by atoms with Gasteiger partial charge in [0.05, 0.1) is 4.47 Å². The fraction of sp³-hybridized carbons (Fsp3) is 0.200. The van der Waals surface area contributed by atoms with Crippen molar-refractivity contribution in [1.82, 2.24) is 10.3 Å². The summed E-state index contributed by atoms with van der Waals surface area (Å²) in [6, 6.07) is 5.81. The van der Waals surface area contributed by atoms with Crippen LogP contribution in [-0.4, -0.2) is 16.9 Å². The van der Waals surface area contributed by atoms with Crippen LogP contribution in [0.1, 0.15) is 11.1 Å². The van der Waals surface area contributed by atoms with Gasteiger partial charge in [0.2, 0.25) is 6.79 Å². The van der Waals surface area contributed by atoms with E-state index in [-0.39, 0.29) is 6.79 Å². The Morgan fingerprint density at radius 1 is 1.30 bits per heavy atom. The monoisotopic (exact) mass is 457 g/mol. The van der Waals surface area contributed by atoms with E-state index in [0.717, 1.165) is 31.6 Å². The second-order valence-electron chi connectivity index (χ2n) is 4.89.